The van der Waals surface area contributed by atoms with Gasteiger partial charge in [-0.3, -0.25) is 4.79 Å². The van der Waals surface area contributed by atoms with Gasteiger partial charge in [-0.2, -0.15) is 5.26 Å². The number of benzene rings is 1. The van der Waals surface area contributed by atoms with Crippen molar-refractivity contribution in [1.82, 2.24) is 0 Å². The van der Waals surface area contributed by atoms with Gasteiger partial charge in [-0.1, -0.05) is 6.07 Å². The Morgan fingerprint density at radius 1 is 1.58 bits per heavy atom. The zero-order valence-electron chi connectivity index (χ0n) is 6.32. The van der Waals surface area contributed by atoms with E-state index in [9.17, 15) is 4.79 Å². The van der Waals surface area contributed by atoms with Crippen molar-refractivity contribution in [2.45, 2.75) is 6.61 Å². The van der Waals surface area contributed by atoms with Gasteiger partial charge in [0.15, 0.2) is 0 Å². The molecule has 0 saturated heterocycles. The number of hydrogen-bond donors (Lipinski definition) is 1. The zero-order chi connectivity index (χ0) is 8.97. The molecule has 0 heterocycles. The highest BCUT2D eigenvalue weighted by Crippen LogP contribution is 2.09. The first-order chi connectivity index (χ1) is 5.81. The highest BCUT2D eigenvalue weighted by Gasteiger charge is 2.00. The summed E-state index contributed by atoms with van der Waals surface area (Å²) in [5.41, 5.74) is 1.37. The molecule has 0 atom stereocenters. The van der Waals surface area contributed by atoms with Crippen LogP contribution in [0.3, 0.4) is 0 Å². The molecule has 0 aromatic heterocycles. The predicted octanol–water partition coefficient (Wildman–Crippen LogP) is 0.863. The van der Waals surface area contributed by atoms with E-state index < -0.39 is 0 Å². The Morgan fingerprint density at radius 3 is 2.83 bits per heavy atom. The van der Waals surface area contributed by atoms with Crippen molar-refractivity contribution < 1.29 is 9.90 Å². The fraction of sp³-hybridized carbons (Fsp3) is 0.111. The van der Waals surface area contributed by atoms with Crippen molar-refractivity contribution in [3.05, 3.63) is 34.9 Å². The molecule has 0 spiro atoms. The lowest BCUT2D eigenvalue weighted by atomic mass is 10.1. The molecule has 12 heavy (non-hydrogen) atoms. The predicted molar refractivity (Wildman–Crippen MR) is 42.5 cm³/mol. The normalized spacial score (nSPS) is 9.00. The summed E-state index contributed by atoms with van der Waals surface area (Å²) in [7, 11) is 0. The molecule has 0 fully saturated rings. The highest BCUT2D eigenvalue weighted by atomic mass is 16.3. The molecule has 1 aromatic carbocycles. The molecule has 0 amide bonds. The third kappa shape index (κ3) is 1.49. The Kier molecular flexibility index (Phi) is 2.57. The number of rotatable bonds is 2. The summed E-state index contributed by atoms with van der Waals surface area (Å²) in [5.74, 6) is 0. The number of nitrogens with zero attached hydrogens (tertiary/aromatic N) is 1. The second-order valence-electron chi connectivity index (χ2n) is 2.30. The van der Waals surface area contributed by atoms with Crippen LogP contribution in [0.1, 0.15) is 21.5 Å². The smallest absolute Gasteiger partial charge is 0.150 e. The number of aliphatic hydroxyl groups excluding tert-OH is 1. The Balaban J connectivity index is 3.21. The first kappa shape index (κ1) is 8.44. The van der Waals surface area contributed by atoms with Gasteiger partial charge in [0.1, 0.15) is 6.29 Å². The van der Waals surface area contributed by atoms with Crippen molar-refractivity contribution in [3.63, 3.8) is 0 Å². The number of nitriles is 1. The molecule has 0 unspecified atom stereocenters. The van der Waals surface area contributed by atoms with Crippen LogP contribution < -0.4 is 0 Å². The second kappa shape index (κ2) is 3.65. The summed E-state index contributed by atoms with van der Waals surface area (Å²) in [5, 5.41) is 17.3. The van der Waals surface area contributed by atoms with E-state index >= 15 is 0 Å². The van der Waals surface area contributed by atoms with E-state index in [1.54, 1.807) is 6.07 Å². The standard InChI is InChI=1S/C9H7NO2/c10-4-7-1-2-8(5-11)9(3-7)6-12/h1-3,5,12H,6H2. The van der Waals surface area contributed by atoms with E-state index in [1.165, 1.54) is 12.1 Å². The molecular weight excluding hydrogens is 154 g/mol. The van der Waals surface area contributed by atoms with Crippen LogP contribution in [0.5, 0.6) is 0 Å². The molecule has 0 aliphatic heterocycles. The second-order valence-corrected chi connectivity index (χ2v) is 2.30. The van der Waals surface area contributed by atoms with Crippen LogP contribution in [0.15, 0.2) is 18.2 Å². The van der Waals surface area contributed by atoms with Gasteiger partial charge in [0.25, 0.3) is 0 Å². The molecular formula is C9H7NO2. The van der Waals surface area contributed by atoms with Crippen LogP contribution in [0.2, 0.25) is 0 Å². The molecule has 60 valence electrons. The molecule has 1 N–H and O–H groups in total. The average Bonchev–Trinajstić information content (AvgIpc) is 2.16. The Bertz CT molecular complexity index is 339. The summed E-state index contributed by atoms with van der Waals surface area (Å²) in [6.45, 7) is -0.219. The lowest BCUT2D eigenvalue weighted by Gasteiger charge is -1.99. The fourth-order valence-electron chi connectivity index (χ4n) is 0.927. The van der Waals surface area contributed by atoms with E-state index in [1.807, 2.05) is 6.07 Å². The Hall–Kier alpha value is -1.66. The molecule has 3 nitrogen and oxygen atoms in total. The fourth-order valence-corrected chi connectivity index (χ4v) is 0.927. The van der Waals surface area contributed by atoms with Gasteiger partial charge in [-0.05, 0) is 17.7 Å². The molecule has 0 bridgehead atoms. The maximum Gasteiger partial charge on any atom is 0.150 e. The molecule has 0 radical (unpaired) electrons. The van der Waals surface area contributed by atoms with Crippen molar-refractivity contribution in [2.24, 2.45) is 0 Å². The van der Waals surface area contributed by atoms with Crippen molar-refractivity contribution in [3.8, 4) is 6.07 Å². The van der Waals surface area contributed by atoms with Gasteiger partial charge in [-0.15, -0.1) is 0 Å². The topological polar surface area (TPSA) is 61.1 Å². The monoisotopic (exact) mass is 161 g/mol. The Labute approximate surface area is 69.9 Å². The average molecular weight is 161 g/mol. The summed E-state index contributed by atoms with van der Waals surface area (Å²) in [6.07, 6.45) is 0.659. The Morgan fingerprint density at radius 2 is 2.33 bits per heavy atom. The van der Waals surface area contributed by atoms with Crippen molar-refractivity contribution in [2.75, 3.05) is 0 Å². The third-order valence-corrected chi connectivity index (χ3v) is 1.57. The largest absolute Gasteiger partial charge is 0.392 e. The third-order valence-electron chi connectivity index (χ3n) is 1.57. The van der Waals surface area contributed by atoms with Gasteiger partial charge >= 0.3 is 0 Å². The lowest BCUT2D eigenvalue weighted by molar-refractivity contribution is 0.112. The highest BCUT2D eigenvalue weighted by molar-refractivity contribution is 5.77. The molecule has 1 rings (SSSR count). The van der Waals surface area contributed by atoms with Gasteiger partial charge in [-0.25, -0.2) is 0 Å². The molecule has 0 aliphatic carbocycles. The summed E-state index contributed by atoms with van der Waals surface area (Å²) in [4.78, 5) is 10.4. The maximum absolute atomic E-state index is 10.4. The van der Waals surface area contributed by atoms with Crippen molar-refractivity contribution >= 4 is 6.29 Å². The van der Waals surface area contributed by atoms with Crippen LogP contribution in [0.25, 0.3) is 0 Å². The van der Waals surface area contributed by atoms with Crippen LogP contribution in [0, 0.1) is 11.3 Å². The quantitative estimate of drug-likeness (QED) is 0.654. The van der Waals surface area contributed by atoms with Gasteiger partial charge in [0.2, 0.25) is 0 Å². The molecule has 3 heteroatoms. The lowest BCUT2D eigenvalue weighted by Crippen LogP contribution is -1.92. The van der Waals surface area contributed by atoms with Crippen LogP contribution in [-0.4, -0.2) is 11.4 Å². The maximum atomic E-state index is 10.4. The minimum absolute atomic E-state index is 0.219. The molecule has 0 saturated carbocycles. The van der Waals surface area contributed by atoms with E-state index in [0.717, 1.165) is 0 Å². The van der Waals surface area contributed by atoms with Gasteiger partial charge in [0, 0.05) is 5.56 Å². The molecule has 1 aromatic rings. The summed E-state index contributed by atoms with van der Waals surface area (Å²) >= 11 is 0. The SMILES string of the molecule is N#Cc1ccc(C=O)c(CO)c1. The van der Waals surface area contributed by atoms with Crippen molar-refractivity contribution in [1.29, 1.82) is 5.26 Å². The summed E-state index contributed by atoms with van der Waals surface area (Å²) in [6, 6.07) is 6.50. The summed E-state index contributed by atoms with van der Waals surface area (Å²) < 4.78 is 0. The number of aldehydes is 1. The van der Waals surface area contributed by atoms with Crippen LogP contribution in [0.4, 0.5) is 0 Å². The van der Waals surface area contributed by atoms with Crippen LogP contribution in [-0.2, 0) is 6.61 Å². The molecule has 0 aliphatic rings. The van der Waals surface area contributed by atoms with E-state index in [4.69, 9.17) is 10.4 Å². The number of aliphatic hydroxyl groups is 1. The first-order valence-electron chi connectivity index (χ1n) is 3.41. The van der Waals surface area contributed by atoms with Crippen LogP contribution >= 0.6 is 0 Å². The minimum atomic E-state index is -0.219. The van der Waals surface area contributed by atoms with E-state index in [-0.39, 0.29) is 6.61 Å². The minimum Gasteiger partial charge on any atom is -0.392 e. The zero-order valence-corrected chi connectivity index (χ0v) is 6.32. The first-order valence-corrected chi connectivity index (χ1v) is 3.41. The number of carbonyl (C=O) groups is 1. The van der Waals surface area contributed by atoms with E-state index in [0.29, 0.717) is 23.0 Å². The number of carbonyl (C=O) groups excluding carboxylic acids is 1. The van der Waals surface area contributed by atoms with Gasteiger partial charge < -0.3 is 5.11 Å². The van der Waals surface area contributed by atoms with E-state index in [2.05, 4.69) is 0 Å². The number of hydrogen-bond acceptors (Lipinski definition) is 3. The van der Waals surface area contributed by atoms with Gasteiger partial charge in [0.05, 0.1) is 18.2 Å².